The van der Waals surface area contributed by atoms with Crippen molar-refractivity contribution >= 4 is 12.0 Å². The van der Waals surface area contributed by atoms with E-state index in [4.69, 9.17) is 4.74 Å². The summed E-state index contributed by atoms with van der Waals surface area (Å²) in [6.07, 6.45) is 2.51. The fourth-order valence-electron chi connectivity index (χ4n) is 3.87. The second-order valence-corrected chi connectivity index (χ2v) is 6.44. The lowest BCUT2D eigenvalue weighted by atomic mass is 9.81. The van der Waals surface area contributed by atoms with Gasteiger partial charge in [-0.25, -0.2) is 4.79 Å². The molecule has 23 heavy (non-hydrogen) atoms. The van der Waals surface area contributed by atoms with E-state index in [2.05, 4.69) is 5.32 Å². The summed E-state index contributed by atoms with van der Waals surface area (Å²) in [4.78, 5) is 25.7. The van der Waals surface area contributed by atoms with Gasteiger partial charge in [0.05, 0.1) is 12.5 Å². The number of carbonyl (C=O) groups is 2. The van der Waals surface area contributed by atoms with E-state index < -0.39 is 11.4 Å². The Balaban J connectivity index is 1.60. The number of carbonyl (C=O) groups excluding carboxylic acids is 1. The number of benzene rings is 1. The number of amides is 2. The number of urea groups is 1. The highest BCUT2D eigenvalue weighted by Crippen LogP contribution is 2.48. The smallest absolute Gasteiger partial charge is 0.317 e. The molecule has 3 rings (SSSR count). The number of ether oxygens (including phenoxy) is 1. The molecule has 2 aliphatic rings. The van der Waals surface area contributed by atoms with Crippen molar-refractivity contribution in [2.75, 3.05) is 20.2 Å². The number of aliphatic carboxylic acids is 1. The third-order valence-corrected chi connectivity index (χ3v) is 5.16. The van der Waals surface area contributed by atoms with E-state index in [1.165, 1.54) is 0 Å². The van der Waals surface area contributed by atoms with Crippen LogP contribution in [0, 0.1) is 11.3 Å². The second kappa shape index (κ2) is 6.10. The quantitative estimate of drug-likeness (QED) is 0.891. The molecule has 1 saturated heterocycles. The molecule has 0 bridgehead atoms. The highest BCUT2D eigenvalue weighted by molar-refractivity contribution is 5.80. The van der Waals surface area contributed by atoms with Crippen molar-refractivity contribution in [3.05, 3.63) is 29.8 Å². The van der Waals surface area contributed by atoms with Crippen molar-refractivity contribution in [1.29, 1.82) is 0 Å². The van der Waals surface area contributed by atoms with Crippen LogP contribution in [-0.2, 0) is 11.3 Å². The van der Waals surface area contributed by atoms with Gasteiger partial charge < -0.3 is 20.1 Å². The zero-order valence-corrected chi connectivity index (χ0v) is 13.2. The predicted octanol–water partition coefficient (Wildman–Crippen LogP) is 2.09. The molecule has 1 aromatic rings. The summed E-state index contributed by atoms with van der Waals surface area (Å²) in [5.41, 5.74) is 0.220. The summed E-state index contributed by atoms with van der Waals surface area (Å²) in [6, 6.07) is 7.32. The number of carboxylic acids is 1. The summed E-state index contributed by atoms with van der Waals surface area (Å²) in [5, 5.41) is 12.4. The Morgan fingerprint density at radius 3 is 3.00 bits per heavy atom. The van der Waals surface area contributed by atoms with E-state index in [0.29, 0.717) is 26.1 Å². The number of hydrogen-bond acceptors (Lipinski definition) is 3. The largest absolute Gasteiger partial charge is 0.497 e. The molecule has 124 valence electrons. The molecule has 0 radical (unpaired) electrons. The number of rotatable bonds is 4. The van der Waals surface area contributed by atoms with Gasteiger partial charge in [-0.2, -0.15) is 0 Å². The second-order valence-electron chi connectivity index (χ2n) is 6.44. The number of fused-ring (bicyclic) bond motifs is 1. The normalized spacial score (nSPS) is 26.0. The first-order chi connectivity index (χ1) is 11.0. The van der Waals surface area contributed by atoms with Crippen LogP contribution in [0.5, 0.6) is 5.75 Å². The minimum atomic E-state index is -0.761. The first-order valence-corrected chi connectivity index (χ1v) is 7.94. The molecule has 0 spiro atoms. The Labute approximate surface area is 135 Å². The monoisotopic (exact) mass is 318 g/mol. The number of nitrogens with zero attached hydrogens (tertiary/aromatic N) is 1. The SMILES string of the molecule is COc1cccc(CNC(=O)N2C[C@@H]3CCC[C@@]3(C(=O)O)C2)c1. The fourth-order valence-corrected chi connectivity index (χ4v) is 3.87. The Morgan fingerprint density at radius 2 is 2.30 bits per heavy atom. The molecular weight excluding hydrogens is 296 g/mol. The van der Waals surface area contributed by atoms with E-state index in [-0.39, 0.29) is 11.9 Å². The molecule has 6 heteroatoms. The summed E-state index contributed by atoms with van der Waals surface area (Å²) in [6.45, 7) is 1.25. The van der Waals surface area contributed by atoms with Crippen LogP contribution in [0.4, 0.5) is 4.79 Å². The Kier molecular flexibility index (Phi) is 4.15. The van der Waals surface area contributed by atoms with E-state index >= 15 is 0 Å². The first-order valence-electron chi connectivity index (χ1n) is 7.94. The number of methoxy groups -OCH3 is 1. The van der Waals surface area contributed by atoms with Crippen LogP contribution in [0.15, 0.2) is 24.3 Å². The Morgan fingerprint density at radius 1 is 1.48 bits per heavy atom. The van der Waals surface area contributed by atoms with Gasteiger partial charge in [0.2, 0.25) is 0 Å². The molecule has 0 unspecified atom stereocenters. The van der Waals surface area contributed by atoms with Crippen molar-refractivity contribution in [2.24, 2.45) is 11.3 Å². The third kappa shape index (κ3) is 2.85. The number of nitrogens with one attached hydrogen (secondary N) is 1. The highest BCUT2D eigenvalue weighted by Gasteiger charge is 2.55. The van der Waals surface area contributed by atoms with Gasteiger partial charge in [-0.05, 0) is 36.5 Å². The minimum absolute atomic E-state index is 0.0857. The summed E-state index contributed by atoms with van der Waals surface area (Å²) >= 11 is 0. The van der Waals surface area contributed by atoms with Crippen LogP contribution in [-0.4, -0.2) is 42.2 Å². The fraction of sp³-hybridized carbons (Fsp3) is 0.529. The van der Waals surface area contributed by atoms with Crippen molar-refractivity contribution in [3.8, 4) is 5.75 Å². The molecule has 0 aromatic heterocycles. The van der Waals surface area contributed by atoms with Crippen molar-refractivity contribution in [1.82, 2.24) is 10.2 Å². The third-order valence-electron chi connectivity index (χ3n) is 5.16. The van der Waals surface area contributed by atoms with Gasteiger partial charge in [-0.3, -0.25) is 4.79 Å². The topological polar surface area (TPSA) is 78.9 Å². The van der Waals surface area contributed by atoms with Gasteiger partial charge >= 0.3 is 12.0 Å². The summed E-state index contributed by atoms with van der Waals surface area (Å²) in [5.74, 6) is 0.0722. The van der Waals surface area contributed by atoms with Crippen molar-refractivity contribution < 1.29 is 19.4 Å². The van der Waals surface area contributed by atoms with Gasteiger partial charge in [0.25, 0.3) is 0 Å². The summed E-state index contributed by atoms with van der Waals surface area (Å²) < 4.78 is 5.16. The lowest BCUT2D eigenvalue weighted by Crippen LogP contribution is -2.41. The number of carboxylic acid groups (broad SMARTS) is 1. The summed E-state index contributed by atoms with van der Waals surface area (Å²) in [7, 11) is 1.60. The molecule has 2 atom stereocenters. The molecule has 1 heterocycles. The van der Waals surface area contributed by atoms with Crippen LogP contribution in [0.25, 0.3) is 0 Å². The lowest BCUT2D eigenvalue weighted by Gasteiger charge is -2.23. The standard InChI is InChI=1S/C17H22N2O4/c1-23-14-6-2-4-12(8-14)9-18-16(22)19-10-13-5-3-7-17(13,11-19)15(20)21/h2,4,6,8,13H,3,5,7,9-11H2,1H3,(H,18,22)(H,20,21)/t13-,17+/m0/s1. The van der Waals surface area contributed by atoms with E-state index in [1.54, 1.807) is 12.0 Å². The van der Waals surface area contributed by atoms with Crippen LogP contribution in [0.1, 0.15) is 24.8 Å². The molecule has 2 amide bonds. The highest BCUT2D eigenvalue weighted by atomic mass is 16.5. The maximum Gasteiger partial charge on any atom is 0.317 e. The molecule has 2 fully saturated rings. The van der Waals surface area contributed by atoms with Gasteiger partial charge in [-0.1, -0.05) is 18.6 Å². The molecule has 1 aliphatic heterocycles. The van der Waals surface area contributed by atoms with E-state index in [1.807, 2.05) is 24.3 Å². The van der Waals surface area contributed by atoms with E-state index in [9.17, 15) is 14.7 Å². The molecule has 6 nitrogen and oxygen atoms in total. The zero-order valence-electron chi connectivity index (χ0n) is 13.2. The average Bonchev–Trinajstić information content (AvgIpc) is 3.11. The zero-order chi connectivity index (χ0) is 16.4. The average molecular weight is 318 g/mol. The maximum atomic E-state index is 12.4. The molecular formula is C17H22N2O4. The molecule has 1 saturated carbocycles. The minimum Gasteiger partial charge on any atom is -0.497 e. The predicted molar refractivity (Wildman–Crippen MR) is 84.2 cm³/mol. The molecule has 1 aromatic carbocycles. The van der Waals surface area contributed by atoms with Gasteiger partial charge in [0, 0.05) is 19.6 Å². The van der Waals surface area contributed by atoms with Crippen molar-refractivity contribution in [3.63, 3.8) is 0 Å². The number of hydrogen-bond donors (Lipinski definition) is 2. The lowest BCUT2D eigenvalue weighted by molar-refractivity contribution is -0.149. The van der Waals surface area contributed by atoms with Gasteiger partial charge in [0.15, 0.2) is 0 Å². The molecule has 2 N–H and O–H groups in total. The maximum absolute atomic E-state index is 12.4. The van der Waals surface area contributed by atoms with Crippen LogP contribution < -0.4 is 10.1 Å². The van der Waals surface area contributed by atoms with Gasteiger partial charge in [-0.15, -0.1) is 0 Å². The number of likely N-dealkylation sites (tertiary alicyclic amines) is 1. The van der Waals surface area contributed by atoms with Crippen LogP contribution in [0.2, 0.25) is 0 Å². The van der Waals surface area contributed by atoms with Crippen LogP contribution >= 0.6 is 0 Å². The van der Waals surface area contributed by atoms with Crippen molar-refractivity contribution in [2.45, 2.75) is 25.8 Å². The first kappa shape index (κ1) is 15.6. The Hall–Kier alpha value is -2.24. The molecule has 1 aliphatic carbocycles. The Bertz CT molecular complexity index is 618. The van der Waals surface area contributed by atoms with Crippen LogP contribution in [0.3, 0.4) is 0 Å². The van der Waals surface area contributed by atoms with Gasteiger partial charge in [0.1, 0.15) is 5.75 Å². The van der Waals surface area contributed by atoms with E-state index in [0.717, 1.165) is 24.2 Å².